The van der Waals surface area contributed by atoms with E-state index in [0.717, 1.165) is 16.6 Å². The Hall–Kier alpha value is -2.16. The Kier molecular flexibility index (Phi) is 2.18. The van der Waals surface area contributed by atoms with E-state index in [9.17, 15) is 4.39 Å². The van der Waals surface area contributed by atoms with Crippen LogP contribution in [0.25, 0.3) is 22.4 Å². The van der Waals surface area contributed by atoms with E-state index in [2.05, 4.69) is 9.97 Å². The first-order valence-corrected chi connectivity index (χ1v) is 5.45. The highest BCUT2D eigenvalue weighted by atomic mass is 19.1. The highest BCUT2D eigenvalue weighted by Gasteiger charge is 2.08. The van der Waals surface area contributed by atoms with Crippen LogP contribution in [0.4, 0.5) is 4.39 Å². The summed E-state index contributed by atoms with van der Waals surface area (Å²) in [5.41, 5.74) is 3.44. The third-order valence-electron chi connectivity index (χ3n) is 2.77. The van der Waals surface area contributed by atoms with Gasteiger partial charge in [-0.3, -0.25) is 0 Å². The maximum absolute atomic E-state index is 13.6. The molecule has 0 saturated carbocycles. The Bertz CT molecular complexity index is 686. The Morgan fingerprint density at radius 3 is 2.76 bits per heavy atom. The van der Waals surface area contributed by atoms with Crippen molar-refractivity contribution in [1.29, 1.82) is 0 Å². The molecule has 0 amide bonds. The van der Waals surface area contributed by atoms with E-state index in [1.807, 2.05) is 25.1 Å². The predicted octanol–water partition coefficient (Wildman–Crippen LogP) is 3.68. The van der Waals surface area contributed by atoms with Gasteiger partial charge in [0.15, 0.2) is 0 Å². The lowest BCUT2D eigenvalue weighted by molar-refractivity contribution is 0.630. The SMILES string of the molecule is Cc1ccc2nc(-c3ccccc3F)[nH]c2c1. The van der Waals surface area contributed by atoms with Gasteiger partial charge in [0.25, 0.3) is 0 Å². The summed E-state index contributed by atoms with van der Waals surface area (Å²) in [7, 11) is 0. The minimum atomic E-state index is -0.261. The first-order chi connectivity index (χ1) is 8.24. The fourth-order valence-electron chi connectivity index (χ4n) is 1.90. The first-order valence-electron chi connectivity index (χ1n) is 5.45. The molecule has 0 atom stereocenters. The van der Waals surface area contributed by atoms with Crippen LogP contribution >= 0.6 is 0 Å². The van der Waals surface area contributed by atoms with Gasteiger partial charge in [-0.05, 0) is 36.8 Å². The molecule has 17 heavy (non-hydrogen) atoms. The van der Waals surface area contributed by atoms with Crippen LogP contribution in [0.1, 0.15) is 5.56 Å². The molecule has 3 aromatic rings. The van der Waals surface area contributed by atoms with Gasteiger partial charge in [-0.2, -0.15) is 0 Å². The van der Waals surface area contributed by atoms with Crippen molar-refractivity contribution in [2.75, 3.05) is 0 Å². The highest BCUT2D eigenvalue weighted by Crippen LogP contribution is 2.23. The summed E-state index contributed by atoms with van der Waals surface area (Å²) in [5.74, 6) is 0.312. The maximum atomic E-state index is 13.6. The second kappa shape index (κ2) is 3.70. The van der Waals surface area contributed by atoms with Crippen LogP contribution in [-0.2, 0) is 0 Å². The number of aryl methyl sites for hydroxylation is 1. The van der Waals surface area contributed by atoms with Crippen molar-refractivity contribution in [3.63, 3.8) is 0 Å². The molecule has 3 heteroatoms. The predicted molar refractivity (Wildman–Crippen MR) is 66.2 cm³/mol. The number of halogens is 1. The van der Waals surface area contributed by atoms with Crippen molar-refractivity contribution in [1.82, 2.24) is 9.97 Å². The van der Waals surface area contributed by atoms with Crippen LogP contribution in [0.5, 0.6) is 0 Å². The molecule has 84 valence electrons. The number of nitrogens with zero attached hydrogens (tertiary/aromatic N) is 1. The van der Waals surface area contributed by atoms with E-state index < -0.39 is 0 Å². The number of aromatic amines is 1. The molecule has 2 aromatic carbocycles. The average molecular weight is 226 g/mol. The average Bonchev–Trinajstić information content (AvgIpc) is 2.72. The molecule has 0 unspecified atom stereocenters. The summed E-state index contributed by atoms with van der Waals surface area (Å²) in [6.07, 6.45) is 0. The van der Waals surface area contributed by atoms with Crippen LogP contribution in [0.3, 0.4) is 0 Å². The molecule has 0 aliphatic rings. The number of H-pyrrole nitrogens is 1. The topological polar surface area (TPSA) is 28.7 Å². The van der Waals surface area contributed by atoms with Crippen molar-refractivity contribution in [3.8, 4) is 11.4 Å². The van der Waals surface area contributed by atoms with Gasteiger partial charge in [0.2, 0.25) is 0 Å². The van der Waals surface area contributed by atoms with Gasteiger partial charge < -0.3 is 4.98 Å². The van der Waals surface area contributed by atoms with Crippen LogP contribution in [-0.4, -0.2) is 9.97 Å². The first kappa shape index (κ1) is 10.0. The number of nitrogens with one attached hydrogen (secondary N) is 1. The summed E-state index contributed by atoms with van der Waals surface area (Å²) in [5, 5.41) is 0. The van der Waals surface area contributed by atoms with E-state index in [0.29, 0.717) is 11.4 Å². The monoisotopic (exact) mass is 226 g/mol. The molecule has 0 fully saturated rings. The molecule has 3 rings (SSSR count). The molecule has 1 heterocycles. The third kappa shape index (κ3) is 1.69. The van der Waals surface area contributed by atoms with Gasteiger partial charge in [0, 0.05) is 0 Å². The molecule has 0 radical (unpaired) electrons. The molecule has 0 bridgehead atoms. The van der Waals surface area contributed by atoms with Gasteiger partial charge >= 0.3 is 0 Å². The number of rotatable bonds is 1. The summed E-state index contributed by atoms with van der Waals surface area (Å²) in [6.45, 7) is 2.02. The Balaban J connectivity index is 2.22. The zero-order valence-electron chi connectivity index (χ0n) is 9.37. The van der Waals surface area contributed by atoms with Crippen molar-refractivity contribution in [3.05, 3.63) is 53.8 Å². The van der Waals surface area contributed by atoms with Gasteiger partial charge in [0.1, 0.15) is 11.6 Å². The van der Waals surface area contributed by atoms with Gasteiger partial charge in [-0.15, -0.1) is 0 Å². The van der Waals surface area contributed by atoms with E-state index in [1.54, 1.807) is 18.2 Å². The fraction of sp³-hybridized carbons (Fsp3) is 0.0714. The van der Waals surface area contributed by atoms with Crippen molar-refractivity contribution < 1.29 is 4.39 Å². The molecule has 0 spiro atoms. The van der Waals surface area contributed by atoms with E-state index in [-0.39, 0.29) is 5.82 Å². The van der Waals surface area contributed by atoms with Gasteiger partial charge in [0.05, 0.1) is 16.6 Å². The Labute approximate surface area is 98.1 Å². The smallest absolute Gasteiger partial charge is 0.141 e. The second-order valence-electron chi connectivity index (χ2n) is 4.09. The molecule has 1 aromatic heterocycles. The quantitative estimate of drug-likeness (QED) is 0.673. The van der Waals surface area contributed by atoms with Crippen LogP contribution in [0.15, 0.2) is 42.5 Å². The zero-order valence-corrected chi connectivity index (χ0v) is 9.37. The number of imidazole rings is 1. The van der Waals surface area contributed by atoms with Crippen molar-refractivity contribution in [2.45, 2.75) is 6.92 Å². The van der Waals surface area contributed by atoms with Crippen molar-refractivity contribution in [2.24, 2.45) is 0 Å². The number of fused-ring (bicyclic) bond motifs is 1. The summed E-state index contributed by atoms with van der Waals surface area (Å²) in [4.78, 5) is 7.53. The van der Waals surface area contributed by atoms with E-state index in [4.69, 9.17) is 0 Å². The van der Waals surface area contributed by atoms with Gasteiger partial charge in [-0.25, -0.2) is 9.37 Å². The lowest BCUT2D eigenvalue weighted by Crippen LogP contribution is -1.84. The Morgan fingerprint density at radius 1 is 1.12 bits per heavy atom. The summed E-state index contributed by atoms with van der Waals surface area (Å²) < 4.78 is 13.6. The van der Waals surface area contributed by atoms with E-state index in [1.165, 1.54) is 6.07 Å². The standard InChI is InChI=1S/C14H11FN2/c1-9-6-7-12-13(8-9)17-14(16-12)10-4-2-3-5-11(10)15/h2-8H,1H3,(H,16,17). The normalized spacial score (nSPS) is 10.9. The summed E-state index contributed by atoms with van der Waals surface area (Å²) in [6, 6.07) is 12.6. The number of aromatic nitrogens is 2. The van der Waals surface area contributed by atoms with Crippen LogP contribution < -0.4 is 0 Å². The molecule has 2 nitrogen and oxygen atoms in total. The maximum Gasteiger partial charge on any atom is 0.141 e. The minimum absolute atomic E-state index is 0.261. The fourth-order valence-corrected chi connectivity index (χ4v) is 1.90. The second-order valence-corrected chi connectivity index (χ2v) is 4.09. The summed E-state index contributed by atoms with van der Waals surface area (Å²) >= 11 is 0. The molecular formula is C14H11FN2. The van der Waals surface area contributed by atoms with Gasteiger partial charge in [-0.1, -0.05) is 18.2 Å². The molecule has 1 N–H and O–H groups in total. The highest BCUT2D eigenvalue weighted by molar-refractivity contribution is 5.80. The largest absolute Gasteiger partial charge is 0.338 e. The molecular weight excluding hydrogens is 215 g/mol. The number of hydrogen-bond acceptors (Lipinski definition) is 1. The lowest BCUT2D eigenvalue weighted by atomic mass is 10.2. The Morgan fingerprint density at radius 2 is 1.94 bits per heavy atom. The molecule has 0 saturated heterocycles. The van der Waals surface area contributed by atoms with Crippen molar-refractivity contribution >= 4 is 11.0 Å². The van der Waals surface area contributed by atoms with E-state index >= 15 is 0 Å². The zero-order chi connectivity index (χ0) is 11.8. The minimum Gasteiger partial charge on any atom is -0.338 e. The molecule has 0 aliphatic heterocycles. The number of benzene rings is 2. The van der Waals surface area contributed by atoms with Crippen LogP contribution in [0, 0.1) is 12.7 Å². The third-order valence-corrected chi connectivity index (χ3v) is 2.77. The lowest BCUT2D eigenvalue weighted by Gasteiger charge is -1.97. The molecule has 0 aliphatic carbocycles. The number of hydrogen-bond donors (Lipinski definition) is 1. The van der Waals surface area contributed by atoms with Crippen LogP contribution in [0.2, 0.25) is 0 Å².